The molecular weight excluding hydrogens is 176 g/mol. The summed E-state index contributed by atoms with van der Waals surface area (Å²) in [4.78, 5) is 13.8. The van der Waals surface area contributed by atoms with Crippen molar-refractivity contribution in [2.24, 2.45) is 11.7 Å². The lowest BCUT2D eigenvalue weighted by atomic mass is 9.75. The molecule has 0 radical (unpaired) electrons. The average Bonchev–Trinajstić information content (AvgIpc) is 2.49. The summed E-state index contributed by atoms with van der Waals surface area (Å²) in [6.45, 7) is 4.08. The van der Waals surface area contributed by atoms with Gasteiger partial charge in [0.1, 0.15) is 0 Å². The van der Waals surface area contributed by atoms with Crippen LogP contribution >= 0.6 is 0 Å². The topological polar surface area (TPSA) is 46.3 Å². The minimum Gasteiger partial charge on any atom is -0.342 e. The van der Waals surface area contributed by atoms with Crippen molar-refractivity contribution in [2.45, 2.75) is 44.6 Å². The van der Waals surface area contributed by atoms with Gasteiger partial charge in [-0.1, -0.05) is 6.92 Å². The molecule has 0 aromatic rings. The van der Waals surface area contributed by atoms with Crippen molar-refractivity contribution in [3.63, 3.8) is 0 Å². The fourth-order valence-electron chi connectivity index (χ4n) is 2.38. The molecule has 1 saturated heterocycles. The summed E-state index contributed by atoms with van der Waals surface area (Å²) in [6, 6.07) is 0. The van der Waals surface area contributed by atoms with Crippen molar-refractivity contribution < 1.29 is 4.79 Å². The third kappa shape index (κ3) is 1.92. The van der Waals surface area contributed by atoms with Crippen molar-refractivity contribution in [3.05, 3.63) is 0 Å². The molecule has 2 rings (SSSR count). The fraction of sp³-hybridized carbons (Fsp3) is 0.909. The van der Waals surface area contributed by atoms with Gasteiger partial charge in [-0.05, 0) is 31.6 Å². The van der Waals surface area contributed by atoms with Crippen LogP contribution in [0.15, 0.2) is 0 Å². The Morgan fingerprint density at radius 2 is 2.29 bits per heavy atom. The number of carbonyl (C=O) groups is 1. The average molecular weight is 196 g/mol. The molecule has 0 aromatic heterocycles. The van der Waals surface area contributed by atoms with E-state index in [-0.39, 0.29) is 11.4 Å². The number of rotatable bonds is 2. The predicted molar refractivity (Wildman–Crippen MR) is 55.7 cm³/mol. The van der Waals surface area contributed by atoms with E-state index < -0.39 is 0 Å². The van der Waals surface area contributed by atoms with E-state index in [0.29, 0.717) is 12.3 Å². The molecule has 1 saturated carbocycles. The minimum atomic E-state index is -0.150. The molecule has 0 aromatic carbocycles. The van der Waals surface area contributed by atoms with Crippen LogP contribution in [0, 0.1) is 5.92 Å². The summed E-state index contributed by atoms with van der Waals surface area (Å²) in [5.41, 5.74) is 5.91. The summed E-state index contributed by atoms with van der Waals surface area (Å²) in [6.07, 6.45) is 4.98. The highest BCUT2D eigenvalue weighted by Gasteiger charge is 2.36. The lowest BCUT2D eigenvalue weighted by molar-refractivity contribution is -0.132. The minimum absolute atomic E-state index is 0.150. The molecule has 14 heavy (non-hydrogen) atoms. The van der Waals surface area contributed by atoms with E-state index in [1.807, 2.05) is 4.90 Å². The van der Waals surface area contributed by atoms with Gasteiger partial charge in [0.25, 0.3) is 0 Å². The molecule has 0 bridgehead atoms. The number of likely N-dealkylation sites (tertiary alicyclic amines) is 1. The zero-order valence-corrected chi connectivity index (χ0v) is 8.96. The molecule has 80 valence electrons. The van der Waals surface area contributed by atoms with E-state index >= 15 is 0 Å². The van der Waals surface area contributed by atoms with Crippen LogP contribution < -0.4 is 5.73 Å². The summed E-state index contributed by atoms with van der Waals surface area (Å²) >= 11 is 0. The number of carbonyl (C=O) groups excluding carboxylic acids is 1. The largest absolute Gasteiger partial charge is 0.342 e. The normalized spacial score (nSPS) is 30.1. The first-order valence-corrected chi connectivity index (χ1v) is 5.66. The van der Waals surface area contributed by atoms with Crippen LogP contribution in [0.1, 0.15) is 39.0 Å². The van der Waals surface area contributed by atoms with Crippen LogP contribution in [-0.4, -0.2) is 29.4 Å². The Hall–Kier alpha value is -0.570. The molecule has 2 aliphatic rings. The molecule has 2 N–H and O–H groups in total. The third-order valence-corrected chi connectivity index (χ3v) is 3.63. The van der Waals surface area contributed by atoms with E-state index in [1.54, 1.807) is 0 Å². The van der Waals surface area contributed by atoms with Crippen molar-refractivity contribution in [3.8, 4) is 0 Å². The number of nitrogens with two attached hydrogens (primary N) is 1. The Morgan fingerprint density at radius 3 is 2.71 bits per heavy atom. The first kappa shape index (κ1) is 9.97. The molecule has 3 nitrogen and oxygen atoms in total. The molecular formula is C11H20N2O. The maximum absolute atomic E-state index is 11.8. The van der Waals surface area contributed by atoms with Crippen LogP contribution in [0.3, 0.4) is 0 Å². The lowest BCUT2D eigenvalue weighted by Crippen LogP contribution is -2.50. The van der Waals surface area contributed by atoms with E-state index in [2.05, 4.69) is 6.92 Å². The summed E-state index contributed by atoms with van der Waals surface area (Å²) in [7, 11) is 0. The molecule has 0 spiro atoms. The Bertz CT molecular complexity index is 235. The van der Waals surface area contributed by atoms with Crippen LogP contribution in [-0.2, 0) is 4.79 Å². The number of amides is 1. The first-order chi connectivity index (χ1) is 6.59. The second-order valence-corrected chi connectivity index (χ2v) is 5.13. The Kier molecular flexibility index (Phi) is 2.52. The highest BCUT2D eigenvalue weighted by atomic mass is 16.2. The van der Waals surface area contributed by atoms with Gasteiger partial charge in [-0.3, -0.25) is 4.79 Å². The lowest BCUT2D eigenvalue weighted by Gasteiger charge is -2.38. The zero-order chi connectivity index (χ0) is 10.2. The van der Waals surface area contributed by atoms with E-state index in [0.717, 1.165) is 32.4 Å². The van der Waals surface area contributed by atoms with E-state index in [1.165, 1.54) is 6.42 Å². The predicted octanol–water partition coefficient (Wildman–Crippen LogP) is 1.13. The van der Waals surface area contributed by atoms with Crippen molar-refractivity contribution >= 4 is 5.91 Å². The van der Waals surface area contributed by atoms with Gasteiger partial charge in [0.2, 0.25) is 5.91 Å². The molecule has 1 aliphatic heterocycles. The smallest absolute Gasteiger partial charge is 0.224 e. The zero-order valence-electron chi connectivity index (χ0n) is 8.96. The molecule has 1 aliphatic carbocycles. The van der Waals surface area contributed by atoms with Crippen LogP contribution in [0.25, 0.3) is 0 Å². The molecule has 2 fully saturated rings. The number of nitrogens with zero attached hydrogens (tertiary/aromatic N) is 1. The molecule has 3 heteroatoms. The second kappa shape index (κ2) is 3.54. The standard InChI is InChI=1S/C11H20N2O/c1-9-3-6-13(8-9)10(14)7-11(12)4-2-5-11/h9H,2-8,12H2,1H3. The Morgan fingerprint density at radius 1 is 1.57 bits per heavy atom. The second-order valence-electron chi connectivity index (χ2n) is 5.13. The molecule has 1 amide bonds. The molecule has 1 atom stereocenters. The van der Waals surface area contributed by atoms with Gasteiger partial charge in [0.05, 0.1) is 0 Å². The van der Waals surface area contributed by atoms with Gasteiger partial charge in [0, 0.05) is 25.0 Å². The van der Waals surface area contributed by atoms with Crippen molar-refractivity contribution in [1.29, 1.82) is 0 Å². The van der Waals surface area contributed by atoms with E-state index in [4.69, 9.17) is 5.73 Å². The Balaban J connectivity index is 1.83. The Labute approximate surface area is 85.6 Å². The van der Waals surface area contributed by atoms with Crippen LogP contribution in [0.5, 0.6) is 0 Å². The van der Waals surface area contributed by atoms with Crippen molar-refractivity contribution in [1.82, 2.24) is 4.90 Å². The van der Waals surface area contributed by atoms with Crippen LogP contribution in [0.2, 0.25) is 0 Å². The molecule has 1 unspecified atom stereocenters. The fourth-order valence-corrected chi connectivity index (χ4v) is 2.38. The summed E-state index contributed by atoms with van der Waals surface area (Å²) in [5, 5.41) is 0. The summed E-state index contributed by atoms with van der Waals surface area (Å²) < 4.78 is 0. The highest BCUT2D eigenvalue weighted by molar-refractivity contribution is 5.77. The molecule has 1 heterocycles. The monoisotopic (exact) mass is 196 g/mol. The third-order valence-electron chi connectivity index (χ3n) is 3.63. The highest BCUT2D eigenvalue weighted by Crippen LogP contribution is 2.33. The first-order valence-electron chi connectivity index (χ1n) is 5.66. The van der Waals surface area contributed by atoms with E-state index in [9.17, 15) is 4.79 Å². The number of hydrogen-bond acceptors (Lipinski definition) is 2. The number of hydrogen-bond donors (Lipinski definition) is 1. The van der Waals surface area contributed by atoms with Gasteiger partial charge in [-0.25, -0.2) is 0 Å². The van der Waals surface area contributed by atoms with Gasteiger partial charge >= 0.3 is 0 Å². The maximum Gasteiger partial charge on any atom is 0.224 e. The van der Waals surface area contributed by atoms with Gasteiger partial charge in [-0.2, -0.15) is 0 Å². The van der Waals surface area contributed by atoms with Gasteiger partial charge in [0.15, 0.2) is 0 Å². The van der Waals surface area contributed by atoms with Crippen molar-refractivity contribution in [2.75, 3.05) is 13.1 Å². The quantitative estimate of drug-likeness (QED) is 0.719. The van der Waals surface area contributed by atoms with Crippen LogP contribution in [0.4, 0.5) is 0 Å². The van der Waals surface area contributed by atoms with Gasteiger partial charge in [-0.15, -0.1) is 0 Å². The van der Waals surface area contributed by atoms with Gasteiger partial charge < -0.3 is 10.6 Å². The summed E-state index contributed by atoms with van der Waals surface area (Å²) in [5.74, 6) is 0.950. The maximum atomic E-state index is 11.8. The SMILES string of the molecule is CC1CCN(C(=O)CC2(N)CCC2)C1.